The van der Waals surface area contributed by atoms with Crippen LogP contribution in [-0.2, 0) is 11.2 Å². The molecule has 1 fully saturated rings. The average Bonchev–Trinajstić information content (AvgIpc) is 3.11. The van der Waals surface area contributed by atoms with E-state index in [0.717, 1.165) is 31.5 Å². The van der Waals surface area contributed by atoms with E-state index in [9.17, 15) is 9.90 Å². The molecule has 134 valence electrons. The van der Waals surface area contributed by atoms with Crippen molar-refractivity contribution >= 4 is 16.8 Å². The van der Waals surface area contributed by atoms with Crippen molar-refractivity contribution in [1.82, 2.24) is 9.88 Å². The summed E-state index contributed by atoms with van der Waals surface area (Å²) in [4.78, 5) is 17.9. The number of rotatable bonds is 4. The molecule has 0 aliphatic carbocycles. The maximum atomic E-state index is 12.5. The van der Waals surface area contributed by atoms with E-state index in [4.69, 9.17) is 0 Å². The lowest BCUT2D eigenvalue weighted by Crippen LogP contribution is -2.38. The number of likely N-dealkylation sites (tertiary alicyclic amines) is 1. The highest BCUT2D eigenvalue weighted by molar-refractivity contribution is 5.83. The van der Waals surface area contributed by atoms with Crippen molar-refractivity contribution in [1.29, 1.82) is 0 Å². The monoisotopic (exact) mass is 348 g/mol. The fraction of sp³-hybridized carbons (Fsp3) is 0.318. The number of amides is 1. The number of H-pyrrole nitrogens is 1. The number of aromatic nitrogens is 1. The smallest absolute Gasteiger partial charge is 0.222 e. The van der Waals surface area contributed by atoms with E-state index in [1.807, 2.05) is 17.0 Å². The van der Waals surface area contributed by atoms with Gasteiger partial charge in [0.1, 0.15) is 5.75 Å². The Morgan fingerprint density at radius 3 is 2.62 bits per heavy atom. The molecule has 3 aromatic rings. The van der Waals surface area contributed by atoms with Gasteiger partial charge in [0.25, 0.3) is 0 Å². The van der Waals surface area contributed by atoms with Gasteiger partial charge in [-0.2, -0.15) is 0 Å². The number of benzene rings is 2. The van der Waals surface area contributed by atoms with Crippen LogP contribution in [-0.4, -0.2) is 34.0 Å². The van der Waals surface area contributed by atoms with Gasteiger partial charge in [0.05, 0.1) is 0 Å². The highest BCUT2D eigenvalue weighted by atomic mass is 16.3. The van der Waals surface area contributed by atoms with Gasteiger partial charge in [-0.15, -0.1) is 0 Å². The van der Waals surface area contributed by atoms with E-state index in [1.165, 1.54) is 16.5 Å². The summed E-state index contributed by atoms with van der Waals surface area (Å²) in [7, 11) is 0. The van der Waals surface area contributed by atoms with Crippen molar-refractivity contribution in [2.45, 2.75) is 31.6 Å². The predicted molar refractivity (Wildman–Crippen MR) is 103 cm³/mol. The minimum Gasteiger partial charge on any atom is -0.508 e. The Morgan fingerprint density at radius 1 is 1.08 bits per heavy atom. The summed E-state index contributed by atoms with van der Waals surface area (Å²) in [5.41, 5.74) is 3.40. The fourth-order valence-electron chi connectivity index (χ4n) is 3.99. The van der Waals surface area contributed by atoms with Crippen molar-refractivity contribution in [3.05, 3.63) is 65.9 Å². The summed E-state index contributed by atoms with van der Waals surface area (Å²) in [5.74, 6) is 0.970. The number of phenolic OH excluding ortho intramolecular Hbond substituents is 1. The van der Waals surface area contributed by atoms with Gasteiger partial charge in [0.2, 0.25) is 5.91 Å². The highest BCUT2D eigenvalue weighted by Gasteiger charge is 2.25. The number of aromatic hydroxyl groups is 1. The van der Waals surface area contributed by atoms with Crippen LogP contribution >= 0.6 is 0 Å². The molecule has 1 aromatic heterocycles. The Morgan fingerprint density at radius 2 is 1.81 bits per heavy atom. The normalized spacial score (nSPS) is 15.5. The Balaban J connectivity index is 1.34. The Bertz CT molecular complexity index is 907. The zero-order chi connectivity index (χ0) is 17.9. The van der Waals surface area contributed by atoms with E-state index in [-0.39, 0.29) is 11.7 Å². The van der Waals surface area contributed by atoms with Crippen LogP contribution < -0.4 is 0 Å². The Hall–Kier alpha value is -2.75. The number of piperidine rings is 1. The van der Waals surface area contributed by atoms with E-state index >= 15 is 0 Å². The molecular formula is C22H24N2O2. The Labute approximate surface area is 153 Å². The van der Waals surface area contributed by atoms with Crippen molar-refractivity contribution in [3.8, 4) is 5.75 Å². The number of aryl methyl sites for hydroxylation is 1. The van der Waals surface area contributed by atoms with Crippen LogP contribution in [0.5, 0.6) is 5.75 Å². The second-order valence-electron chi connectivity index (χ2n) is 7.07. The number of carbonyl (C=O) groups is 1. The van der Waals surface area contributed by atoms with Gasteiger partial charge < -0.3 is 15.0 Å². The third kappa shape index (κ3) is 3.32. The standard InChI is InChI=1S/C22H24N2O2/c25-21-8-4-1-5-17(21)9-10-22(26)24-13-11-16(12-14-24)19-15-23-20-7-3-2-6-18(19)20/h1-8,15-16,23,25H,9-14H2. The molecule has 2 heterocycles. The number of hydrogen-bond donors (Lipinski definition) is 2. The summed E-state index contributed by atoms with van der Waals surface area (Å²) in [6.07, 6.45) is 5.18. The largest absolute Gasteiger partial charge is 0.508 e. The van der Waals surface area contributed by atoms with Crippen molar-refractivity contribution in [2.24, 2.45) is 0 Å². The number of aromatic amines is 1. The number of carbonyl (C=O) groups excluding carboxylic acids is 1. The topological polar surface area (TPSA) is 56.3 Å². The first kappa shape index (κ1) is 16.7. The zero-order valence-electron chi connectivity index (χ0n) is 14.8. The number of fused-ring (bicyclic) bond motifs is 1. The van der Waals surface area contributed by atoms with Crippen LogP contribution in [0.4, 0.5) is 0 Å². The quantitative estimate of drug-likeness (QED) is 0.742. The molecule has 4 heteroatoms. The first-order valence-corrected chi connectivity index (χ1v) is 9.33. The van der Waals surface area contributed by atoms with E-state index in [1.54, 1.807) is 12.1 Å². The summed E-state index contributed by atoms with van der Waals surface area (Å²) in [5, 5.41) is 11.1. The molecule has 0 radical (unpaired) electrons. The second kappa shape index (κ2) is 7.24. The maximum Gasteiger partial charge on any atom is 0.222 e. The lowest BCUT2D eigenvalue weighted by Gasteiger charge is -2.32. The molecule has 0 atom stereocenters. The van der Waals surface area contributed by atoms with Crippen LogP contribution in [0.3, 0.4) is 0 Å². The van der Waals surface area contributed by atoms with Gasteiger partial charge >= 0.3 is 0 Å². The Kier molecular flexibility index (Phi) is 4.65. The number of para-hydroxylation sites is 2. The van der Waals surface area contributed by atoms with E-state index in [0.29, 0.717) is 18.8 Å². The minimum absolute atomic E-state index is 0.186. The van der Waals surface area contributed by atoms with Crippen LogP contribution in [0.15, 0.2) is 54.7 Å². The summed E-state index contributed by atoms with van der Waals surface area (Å²) in [6.45, 7) is 1.62. The molecule has 2 N–H and O–H groups in total. The third-order valence-corrected chi connectivity index (χ3v) is 5.51. The number of nitrogens with one attached hydrogen (secondary N) is 1. The molecule has 1 amide bonds. The number of phenols is 1. The van der Waals surface area contributed by atoms with Gasteiger partial charge in [-0.3, -0.25) is 4.79 Å². The molecule has 2 aromatic carbocycles. The van der Waals surface area contributed by atoms with E-state index < -0.39 is 0 Å². The van der Waals surface area contributed by atoms with Crippen molar-refractivity contribution in [3.63, 3.8) is 0 Å². The van der Waals surface area contributed by atoms with Gasteiger partial charge in [-0.1, -0.05) is 36.4 Å². The zero-order valence-corrected chi connectivity index (χ0v) is 14.8. The van der Waals surface area contributed by atoms with Gasteiger partial charge in [-0.05, 0) is 48.4 Å². The van der Waals surface area contributed by atoms with Crippen LogP contribution in [0.25, 0.3) is 10.9 Å². The van der Waals surface area contributed by atoms with Crippen LogP contribution in [0.2, 0.25) is 0 Å². The number of hydrogen-bond acceptors (Lipinski definition) is 2. The summed E-state index contributed by atoms with van der Waals surface area (Å²) < 4.78 is 0. The maximum absolute atomic E-state index is 12.5. The first-order valence-electron chi connectivity index (χ1n) is 9.33. The van der Waals surface area contributed by atoms with E-state index in [2.05, 4.69) is 35.4 Å². The summed E-state index contributed by atoms with van der Waals surface area (Å²) in [6, 6.07) is 15.7. The molecule has 0 saturated carbocycles. The van der Waals surface area contributed by atoms with Gasteiger partial charge in [0.15, 0.2) is 0 Å². The lowest BCUT2D eigenvalue weighted by atomic mass is 9.89. The molecule has 4 nitrogen and oxygen atoms in total. The molecule has 1 aliphatic rings. The van der Waals surface area contributed by atoms with Crippen LogP contribution in [0.1, 0.15) is 36.3 Å². The molecular weight excluding hydrogens is 324 g/mol. The third-order valence-electron chi connectivity index (χ3n) is 5.51. The fourth-order valence-corrected chi connectivity index (χ4v) is 3.99. The molecule has 0 unspecified atom stereocenters. The predicted octanol–water partition coefficient (Wildman–Crippen LogP) is 4.21. The van der Waals surface area contributed by atoms with Gasteiger partial charge in [-0.25, -0.2) is 0 Å². The minimum atomic E-state index is 0.186. The molecule has 4 rings (SSSR count). The lowest BCUT2D eigenvalue weighted by molar-refractivity contribution is -0.132. The van der Waals surface area contributed by atoms with Gasteiger partial charge in [0, 0.05) is 36.6 Å². The number of nitrogens with zero attached hydrogens (tertiary/aromatic N) is 1. The van der Waals surface area contributed by atoms with Crippen molar-refractivity contribution in [2.75, 3.05) is 13.1 Å². The molecule has 1 saturated heterocycles. The average molecular weight is 348 g/mol. The molecule has 0 spiro atoms. The van der Waals surface area contributed by atoms with Crippen molar-refractivity contribution < 1.29 is 9.90 Å². The van der Waals surface area contributed by atoms with Crippen LogP contribution in [0, 0.1) is 0 Å². The molecule has 0 bridgehead atoms. The first-order chi connectivity index (χ1) is 12.7. The SMILES string of the molecule is O=C(CCc1ccccc1O)N1CCC(c2c[nH]c3ccccc23)CC1. The highest BCUT2D eigenvalue weighted by Crippen LogP contribution is 2.33. The summed E-state index contributed by atoms with van der Waals surface area (Å²) >= 11 is 0. The molecule has 1 aliphatic heterocycles. The molecule has 26 heavy (non-hydrogen) atoms. The second-order valence-corrected chi connectivity index (χ2v) is 7.07.